The van der Waals surface area contributed by atoms with Gasteiger partial charge in [-0.15, -0.1) is 0 Å². The lowest BCUT2D eigenvalue weighted by Gasteiger charge is -2.31. The van der Waals surface area contributed by atoms with Gasteiger partial charge < -0.3 is 0 Å². The van der Waals surface area contributed by atoms with Crippen LogP contribution in [0.3, 0.4) is 0 Å². The van der Waals surface area contributed by atoms with Gasteiger partial charge in [0, 0.05) is 0 Å². The molecule has 21 heavy (non-hydrogen) atoms. The van der Waals surface area contributed by atoms with Crippen LogP contribution >= 0.6 is 0 Å². The van der Waals surface area contributed by atoms with Crippen LogP contribution in [0.5, 0.6) is 0 Å². The van der Waals surface area contributed by atoms with Crippen molar-refractivity contribution >= 4 is 14.1 Å². The number of hydrogen-bond acceptors (Lipinski definition) is 0. The zero-order valence-electron chi connectivity index (χ0n) is 15.5. The minimum Gasteiger partial charge on any atom is -0.0908 e. The first-order valence-corrected chi connectivity index (χ1v) is 12.5. The SMILES string of the molecule is CCCC(CC)[CH2][Al]([CH2]C(CC)CCC)[CH]1CCCCC1. The molecule has 2 atom stereocenters. The van der Waals surface area contributed by atoms with Gasteiger partial charge in [-0.2, -0.15) is 0 Å². The summed E-state index contributed by atoms with van der Waals surface area (Å²) in [5.41, 5.74) is 0. The predicted octanol–water partition coefficient (Wildman–Crippen LogP) is 7.47. The lowest BCUT2D eigenvalue weighted by molar-refractivity contribution is 0.455. The fourth-order valence-corrected chi connectivity index (χ4v) is 9.96. The molecule has 124 valence electrons. The van der Waals surface area contributed by atoms with Gasteiger partial charge in [0.05, 0.1) is 0 Å². The monoisotopic (exact) mass is 308 g/mol. The van der Waals surface area contributed by atoms with E-state index in [1.54, 1.807) is 36.2 Å². The predicted molar refractivity (Wildman–Crippen MR) is 99.6 cm³/mol. The molecular formula is C20H41Al. The lowest BCUT2D eigenvalue weighted by Crippen LogP contribution is -2.28. The summed E-state index contributed by atoms with van der Waals surface area (Å²) in [6, 6.07) is 0. The van der Waals surface area contributed by atoms with Gasteiger partial charge in [-0.1, -0.05) is 126 Å². The molecule has 1 fully saturated rings. The van der Waals surface area contributed by atoms with Crippen molar-refractivity contribution in [2.24, 2.45) is 11.8 Å². The molecule has 0 saturated heterocycles. The summed E-state index contributed by atoms with van der Waals surface area (Å²) >= 11 is -0.529. The van der Waals surface area contributed by atoms with Crippen molar-refractivity contribution < 1.29 is 0 Å². The minimum absolute atomic E-state index is 0.529. The first kappa shape index (κ1) is 19.6. The summed E-state index contributed by atoms with van der Waals surface area (Å²) < 4.78 is 1.20. The minimum atomic E-state index is -0.529. The van der Waals surface area contributed by atoms with Gasteiger partial charge in [-0.25, -0.2) is 0 Å². The van der Waals surface area contributed by atoms with Crippen LogP contribution in [0.15, 0.2) is 0 Å². The molecule has 0 heterocycles. The maximum Gasteiger partial charge on any atom is 0.265 e. The Labute approximate surface area is 139 Å². The van der Waals surface area contributed by atoms with Gasteiger partial charge in [0.1, 0.15) is 0 Å². The van der Waals surface area contributed by atoms with Crippen LogP contribution in [0, 0.1) is 11.8 Å². The second kappa shape index (κ2) is 12.0. The molecule has 1 aliphatic carbocycles. The van der Waals surface area contributed by atoms with Gasteiger partial charge >= 0.3 is 0 Å². The maximum atomic E-state index is 2.44. The maximum absolute atomic E-state index is 2.44. The molecule has 1 heteroatoms. The van der Waals surface area contributed by atoms with Crippen molar-refractivity contribution in [3.05, 3.63) is 0 Å². The first-order chi connectivity index (χ1) is 10.2. The highest BCUT2D eigenvalue weighted by Gasteiger charge is 2.32. The summed E-state index contributed by atoms with van der Waals surface area (Å²) in [6.45, 7) is 9.64. The molecule has 0 N–H and O–H groups in total. The van der Waals surface area contributed by atoms with Crippen molar-refractivity contribution in [2.75, 3.05) is 0 Å². The van der Waals surface area contributed by atoms with Crippen LogP contribution in [0.25, 0.3) is 0 Å². The van der Waals surface area contributed by atoms with Gasteiger partial charge in [-0.05, 0) is 0 Å². The molecule has 0 amide bonds. The molecule has 0 aliphatic heterocycles. The second-order valence-electron chi connectivity index (χ2n) is 7.76. The average Bonchev–Trinajstić information content (AvgIpc) is 2.53. The molecule has 2 unspecified atom stereocenters. The zero-order chi connectivity index (χ0) is 15.5. The van der Waals surface area contributed by atoms with E-state index in [0.717, 1.165) is 11.8 Å². The van der Waals surface area contributed by atoms with Crippen LogP contribution in [0.1, 0.15) is 98.3 Å². The third-order valence-corrected chi connectivity index (χ3v) is 10.7. The van der Waals surface area contributed by atoms with Gasteiger partial charge in [0.2, 0.25) is 0 Å². The molecule has 1 aliphatic rings. The van der Waals surface area contributed by atoms with Crippen molar-refractivity contribution in [3.63, 3.8) is 0 Å². The first-order valence-electron chi connectivity index (χ1n) is 10.2. The van der Waals surface area contributed by atoms with E-state index in [4.69, 9.17) is 0 Å². The topological polar surface area (TPSA) is 0 Å². The number of rotatable bonds is 11. The van der Waals surface area contributed by atoms with E-state index >= 15 is 0 Å². The molecule has 0 aromatic rings. The molecule has 0 bridgehead atoms. The molecular weight excluding hydrogens is 267 g/mol. The normalized spacial score (nSPS) is 19.4. The molecule has 0 nitrogen and oxygen atoms in total. The highest BCUT2D eigenvalue weighted by atomic mass is 27.2. The third kappa shape index (κ3) is 7.56. The Morgan fingerprint density at radius 2 is 1.24 bits per heavy atom. The Hall–Kier alpha value is 0.532. The Balaban J connectivity index is 2.62. The number of hydrogen-bond donors (Lipinski definition) is 0. The van der Waals surface area contributed by atoms with Crippen LogP contribution < -0.4 is 0 Å². The van der Waals surface area contributed by atoms with Gasteiger partial charge in [0.25, 0.3) is 14.1 Å². The quantitative estimate of drug-likeness (QED) is 0.347. The van der Waals surface area contributed by atoms with E-state index < -0.39 is 14.1 Å². The third-order valence-electron chi connectivity index (χ3n) is 6.14. The second-order valence-corrected chi connectivity index (χ2v) is 11.2. The lowest BCUT2D eigenvalue weighted by atomic mass is 10.00. The Bertz CT molecular complexity index is 216. The largest absolute Gasteiger partial charge is 0.265 e. The van der Waals surface area contributed by atoms with Crippen molar-refractivity contribution in [1.82, 2.24) is 0 Å². The standard InChI is InChI=1S/2C7H15.C6H11.Al/c2*1-4-6-7(3)5-2;1-2-4-6-5-3-1;/h2*7H,3-6H2,1-2H3;1H,2-6H2;. The van der Waals surface area contributed by atoms with Crippen LogP contribution in [0.4, 0.5) is 0 Å². The van der Waals surface area contributed by atoms with E-state index in [0.29, 0.717) is 0 Å². The fourth-order valence-electron chi connectivity index (χ4n) is 4.74. The van der Waals surface area contributed by atoms with Crippen molar-refractivity contribution in [2.45, 2.75) is 114 Å². The highest BCUT2D eigenvalue weighted by Crippen LogP contribution is 2.38. The summed E-state index contributed by atoms with van der Waals surface area (Å²) in [6.07, 6.45) is 16.5. The molecule has 0 aromatic carbocycles. The summed E-state index contributed by atoms with van der Waals surface area (Å²) in [5.74, 6) is 2.13. The van der Waals surface area contributed by atoms with E-state index in [9.17, 15) is 0 Å². The zero-order valence-corrected chi connectivity index (χ0v) is 16.7. The van der Waals surface area contributed by atoms with E-state index in [-0.39, 0.29) is 0 Å². The molecule has 0 aromatic heterocycles. The highest BCUT2D eigenvalue weighted by molar-refractivity contribution is 6.60. The Morgan fingerprint density at radius 1 is 0.762 bits per heavy atom. The van der Waals surface area contributed by atoms with Crippen molar-refractivity contribution in [3.8, 4) is 0 Å². The molecule has 0 spiro atoms. The van der Waals surface area contributed by atoms with E-state index in [1.165, 1.54) is 49.7 Å². The van der Waals surface area contributed by atoms with Crippen LogP contribution in [0.2, 0.25) is 15.3 Å². The molecule has 0 radical (unpaired) electrons. The molecule has 1 saturated carbocycles. The van der Waals surface area contributed by atoms with Gasteiger partial charge in [-0.3, -0.25) is 0 Å². The van der Waals surface area contributed by atoms with E-state index in [2.05, 4.69) is 27.7 Å². The van der Waals surface area contributed by atoms with Gasteiger partial charge in [0.15, 0.2) is 0 Å². The summed E-state index contributed by atoms with van der Waals surface area (Å²) in [4.78, 5) is 0. The van der Waals surface area contributed by atoms with Crippen LogP contribution in [-0.2, 0) is 0 Å². The fraction of sp³-hybridized carbons (Fsp3) is 1.00. The summed E-state index contributed by atoms with van der Waals surface area (Å²) in [7, 11) is 0. The molecule has 1 rings (SSSR count). The van der Waals surface area contributed by atoms with Crippen LogP contribution in [-0.4, -0.2) is 14.1 Å². The summed E-state index contributed by atoms with van der Waals surface area (Å²) in [5, 5.41) is 3.35. The Kier molecular flexibility index (Phi) is 11.2. The van der Waals surface area contributed by atoms with Crippen molar-refractivity contribution in [1.29, 1.82) is 0 Å². The smallest absolute Gasteiger partial charge is 0.0908 e. The Morgan fingerprint density at radius 3 is 1.62 bits per heavy atom. The average molecular weight is 309 g/mol. The van der Waals surface area contributed by atoms with E-state index in [1.807, 2.05) is 0 Å².